The molecule has 1 saturated heterocycles. The van der Waals surface area contributed by atoms with Crippen LogP contribution in [-0.2, 0) is 31.3 Å². The summed E-state index contributed by atoms with van der Waals surface area (Å²) in [4.78, 5) is 15.5. The van der Waals surface area contributed by atoms with E-state index in [2.05, 4.69) is 25.7 Å². The smallest absolute Gasteiger partial charge is 0.254 e. The van der Waals surface area contributed by atoms with E-state index >= 15 is 0 Å². The number of nitrogens with one attached hydrogen (secondary N) is 4. The number of benzene rings is 2. The van der Waals surface area contributed by atoms with E-state index in [1.165, 1.54) is 29.4 Å². The average molecular weight is 667 g/mol. The summed E-state index contributed by atoms with van der Waals surface area (Å²) < 4.78 is 53.3. The second kappa shape index (κ2) is 14.2. The molecule has 44 heavy (non-hydrogen) atoms. The lowest BCUT2D eigenvalue weighted by Gasteiger charge is -2.31. The summed E-state index contributed by atoms with van der Waals surface area (Å²) in [5.41, 5.74) is 2.90. The first kappa shape index (κ1) is 33.6. The minimum Gasteiger partial charge on any atom is -0.506 e. The van der Waals surface area contributed by atoms with Crippen LogP contribution < -0.4 is 20.7 Å². The largest absolute Gasteiger partial charge is 0.506 e. The Balaban J connectivity index is 1.21. The van der Waals surface area contributed by atoms with Gasteiger partial charge in [-0.1, -0.05) is 29.5 Å². The zero-order valence-corrected chi connectivity index (χ0v) is 27.2. The molecule has 0 unspecified atom stereocenters. The number of aliphatic hydroxyl groups is 1. The molecule has 13 nitrogen and oxygen atoms in total. The molecule has 0 spiro atoms. The Morgan fingerprint density at radius 2 is 1.80 bits per heavy atom. The Bertz CT molecular complexity index is 1670. The van der Waals surface area contributed by atoms with E-state index in [0.717, 1.165) is 35.3 Å². The van der Waals surface area contributed by atoms with Crippen molar-refractivity contribution in [3.05, 3.63) is 59.3 Å². The first-order valence-corrected chi connectivity index (χ1v) is 18.2. The second-order valence-electron chi connectivity index (χ2n) is 10.7. The molecule has 1 aromatic heterocycles. The average Bonchev–Trinajstić information content (AvgIpc) is 3.32. The number of phenolic OH excluding ortho intramolecular Hbond substituents is 1. The summed E-state index contributed by atoms with van der Waals surface area (Å²) in [6.07, 6.45) is 2.11. The monoisotopic (exact) mass is 666 g/mol. The molecule has 16 heteroatoms. The van der Waals surface area contributed by atoms with Crippen LogP contribution in [0.25, 0.3) is 0 Å². The van der Waals surface area contributed by atoms with Crippen LogP contribution in [-0.4, -0.2) is 80.7 Å². The third-order valence-electron chi connectivity index (χ3n) is 7.02. The van der Waals surface area contributed by atoms with Crippen molar-refractivity contribution < 1.29 is 31.8 Å². The summed E-state index contributed by atoms with van der Waals surface area (Å²) in [7, 11) is -7.27. The van der Waals surface area contributed by atoms with E-state index in [0.29, 0.717) is 43.7 Å². The van der Waals surface area contributed by atoms with E-state index in [1.807, 2.05) is 24.3 Å². The van der Waals surface area contributed by atoms with Crippen LogP contribution in [0.1, 0.15) is 42.7 Å². The van der Waals surface area contributed by atoms with Crippen LogP contribution in [0.3, 0.4) is 0 Å². The number of nitrogens with zero attached hydrogens (tertiary/aromatic N) is 2. The van der Waals surface area contributed by atoms with Gasteiger partial charge in [-0.05, 0) is 68.1 Å². The zero-order chi connectivity index (χ0) is 32.1. The number of aromatic hydroxyl groups is 1. The highest BCUT2D eigenvalue weighted by Crippen LogP contribution is 2.32. The van der Waals surface area contributed by atoms with Crippen LogP contribution >= 0.6 is 11.3 Å². The molecule has 1 aliphatic heterocycles. The van der Waals surface area contributed by atoms with Crippen LogP contribution in [0.15, 0.2) is 46.7 Å². The van der Waals surface area contributed by atoms with Crippen molar-refractivity contribution in [2.24, 2.45) is 0 Å². The number of piperidine rings is 1. The normalized spacial score (nSPS) is 15.5. The molecule has 2 heterocycles. The number of aromatic nitrogens is 1. The molecule has 2 aromatic carbocycles. The van der Waals surface area contributed by atoms with Crippen molar-refractivity contribution >= 4 is 53.8 Å². The van der Waals surface area contributed by atoms with Gasteiger partial charge in [-0.25, -0.2) is 21.8 Å². The number of sulfonamides is 2. The van der Waals surface area contributed by atoms with E-state index in [1.54, 1.807) is 6.92 Å². The van der Waals surface area contributed by atoms with Gasteiger partial charge in [0, 0.05) is 38.3 Å². The van der Waals surface area contributed by atoms with Gasteiger partial charge in [0.15, 0.2) is 9.34 Å². The third kappa shape index (κ3) is 9.12. The Morgan fingerprint density at radius 3 is 2.43 bits per heavy atom. The number of rotatable bonds is 13. The van der Waals surface area contributed by atoms with Gasteiger partial charge in [-0.3, -0.25) is 9.52 Å². The third-order valence-corrected chi connectivity index (χ3v) is 11.2. The molecular formula is C28H38N6O7S3. The Kier molecular flexibility index (Phi) is 10.9. The Morgan fingerprint density at radius 1 is 1.11 bits per heavy atom. The highest BCUT2D eigenvalue weighted by Gasteiger charge is 2.32. The minimum absolute atomic E-state index is 0.0117. The predicted octanol–water partition coefficient (Wildman–Crippen LogP) is 2.62. The molecule has 0 aliphatic carbocycles. The van der Waals surface area contributed by atoms with Gasteiger partial charge in [-0.2, -0.15) is 4.31 Å². The molecule has 1 atom stereocenters. The number of carbonyl (C=O) groups excluding carboxylic acids is 1. The Hall–Kier alpha value is -3.28. The SMILES string of the molecule is CC(=O)Nc1nc(C)c(S(=O)(=O)N2CCC(Nc3ccc(CCNC[C@H](O)c4ccc(O)c(NS(C)(=O)=O)c4)cc3)CC2)s1. The second-order valence-corrected chi connectivity index (χ2v) is 15.6. The van der Waals surface area contributed by atoms with Crippen molar-refractivity contribution in [2.45, 2.75) is 49.5 Å². The number of anilines is 3. The quantitative estimate of drug-likeness (QED) is 0.117. The molecule has 1 amide bonds. The molecule has 6 N–H and O–H groups in total. The zero-order valence-electron chi connectivity index (χ0n) is 24.7. The van der Waals surface area contributed by atoms with Crippen molar-refractivity contribution in [3.8, 4) is 5.75 Å². The molecule has 0 radical (unpaired) electrons. The lowest BCUT2D eigenvalue weighted by Crippen LogP contribution is -2.42. The lowest BCUT2D eigenvalue weighted by molar-refractivity contribution is -0.114. The number of phenols is 1. The number of hydrogen-bond donors (Lipinski definition) is 6. The van der Waals surface area contributed by atoms with Crippen LogP contribution in [0.5, 0.6) is 5.75 Å². The number of thiazole rings is 1. The maximum atomic E-state index is 13.2. The van der Waals surface area contributed by atoms with E-state index in [9.17, 15) is 31.8 Å². The van der Waals surface area contributed by atoms with Crippen molar-refractivity contribution in [2.75, 3.05) is 47.8 Å². The van der Waals surface area contributed by atoms with Gasteiger partial charge in [0.1, 0.15) is 5.75 Å². The lowest BCUT2D eigenvalue weighted by atomic mass is 10.1. The van der Waals surface area contributed by atoms with Crippen LogP contribution in [0.2, 0.25) is 0 Å². The number of aryl methyl sites for hydroxylation is 1. The summed E-state index contributed by atoms with van der Waals surface area (Å²) in [5.74, 6) is -0.527. The topological polar surface area (TPSA) is 190 Å². The van der Waals surface area contributed by atoms with Gasteiger partial charge < -0.3 is 26.2 Å². The summed E-state index contributed by atoms with van der Waals surface area (Å²) in [5, 5.41) is 29.9. The van der Waals surface area contributed by atoms with Gasteiger partial charge in [0.05, 0.1) is 23.7 Å². The first-order chi connectivity index (χ1) is 20.7. The number of hydrogen-bond acceptors (Lipinski definition) is 11. The molecule has 0 bridgehead atoms. The molecule has 0 saturated carbocycles. The highest BCUT2D eigenvalue weighted by atomic mass is 32.2. The van der Waals surface area contributed by atoms with Crippen LogP contribution in [0, 0.1) is 6.92 Å². The van der Waals surface area contributed by atoms with Gasteiger partial charge in [-0.15, -0.1) is 0 Å². The predicted molar refractivity (Wildman–Crippen MR) is 171 cm³/mol. The fraction of sp³-hybridized carbons (Fsp3) is 0.429. The van der Waals surface area contributed by atoms with E-state index in [-0.39, 0.29) is 39.3 Å². The van der Waals surface area contributed by atoms with E-state index < -0.39 is 26.2 Å². The standard InChI is InChI=1S/C28H38N6O7S3/c1-18-27(42-28(30-18)31-19(2)35)44(40,41)34-14-11-23(12-15-34)32-22-7-4-20(5-8-22)10-13-29-17-26(37)21-6-9-25(36)24(16-21)33-43(3,38)39/h4-9,16,23,26,29,32-33,36-37H,10-15,17H2,1-3H3,(H,30,31,35)/t26-/m0/s1. The number of aliphatic hydroxyl groups excluding tert-OH is 1. The maximum Gasteiger partial charge on any atom is 0.254 e. The van der Waals surface area contributed by atoms with Crippen molar-refractivity contribution in [1.82, 2.24) is 14.6 Å². The molecule has 4 rings (SSSR count). The maximum absolute atomic E-state index is 13.2. The summed E-state index contributed by atoms with van der Waals surface area (Å²) in [6.45, 7) is 4.58. The summed E-state index contributed by atoms with van der Waals surface area (Å²) in [6, 6.07) is 12.4. The molecular weight excluding hydrogens is 629 g/mol. The van der Waals surface area contributed by atoms with Gasteiger partial charge in [0.2, 0.25) is 15.9 Å². The van der Waals surface area contributed by atoms with Gasteiger partial charge in [0.25, 0.3) is 10.0 Å². The number of carbonyl (C=O) groups is 1. The van der Waals surface area contributed by atoms with Crippen molar-refractivity contribution in [1.29, 1.82) is 0 Å². The minimum atomic E-state index is -3.70. The molecule has 3 aromatic rings. The fourth-order valence-corrected chi connectivity index (χ4v) is 8.45. The van der Waals surface area contributed by atoms with Crippen molar-refractivity contribution in [3.63, 3.8) is 0 Å². The van der Waals surface area contributed by atoms with E-state index in [4.69, 9.17) is 0 Å². The number of amides is 1. The molecule has 240 valence electrons. The molecule has 1 aliphatic rings. The fourth-order valence-electron chi connectivity index (χ4n) is 4.82. The van der Waals surface area contributed by atoms with Gasteiger partial charge >= 0.3 is 0 Å². The Labute approximate surface area is 261 Å². The van der Waals surface area contributed by atoms with Crippen LogP contribution in [0.4, 0.5) is 16.5 Å². The first-order valence-electron chi connectivity index (χ1n) is 14.0. The highest BCUT2D eigenvalue weighted by molar-refractivity contribution is 7.92. The summed E-state index contributed by atoms with van der Waals surface area (Å²) >= 11 is 0.969. The molecule has 1 fully saturated rings.